The van der Waals surface area contributed by atoms with Crippen LogP contribution in [-0.4, -0.2) is 37.2 Å². The van der Waals surface area contributed by atoms with Gasteiger partial charge in [-0.3, -0.25) is 9.59 Å². The molecule has 0 aliphatic heterocycles. The summed E-state index contributed by atoms with van der Waals surface area (Å²) in [4.78, 5) is 23.5. The molecule has 0 bridgehead atoms. The second-order valence-corrected chi connectivity index (χ2v) is 3.39. The lowest BCUT2D eigenvalue weighted by molar-refractivity contribution is -0.117. The van der Waals surface area contributed by atoms with Crippen LogP contribution in [0.1, 0.15) is 6.92 Å². The number of allylic oxidation sites excluding steroid dienone is 1. The maximum absolute atomic E-state index is 11.4. The molecule has 17 heavy (non-hydrogen) atoms. The number of hydrogen-bond acceptors (Lipinski definition) is 6. The van der Waals surface area contributed by atoms with Gasteiger partial charge in [-0.25, -0.2) is 0 Å². The van der Waals surface area contributed by atoms with E-state index in [0.29, 0.717) is 5.82 Å². The summed E-state index contributed by atoms with van der Waals surface area (Å²) in [6.45, 7) is 4.88. The molecule has 1 amide bonds. The van der Waals surface area contributed by atoms with Crippen molar-refractivity contribution in [2.24, 2.45) is 11.5 Å². The fourth-order valence-corrected chi connectivity index (χ4v) is 1.05. The lowest BCUT2D eigenvalue weighted by atomic mass is 10.3. The van der Waals surface area contributed by atoms with Crippen LogP contribution in [0.3, 0.4) is 0 Å². The molecule has 0 aromatic carbocycles. The first-order valence-corrected chi connectivity index (χ1v) is 4.94. The van der Waals surface area contributed by atoms with Crippen LogP contribution in [0, 0.1) is 0 Å². The van der Waals surface area contributed by atoms with Gasteiger partial charge < -0.3 is 27.0 Å². The number of ketones is 1. The topological polar surface area (TPSA) is 113 Å². The van der Waals surface area contributed by atoms with Gasteiger partial charge in [0, 0.05) is 21.0 Å². The molecule has 0 heterocycles. The van der Waals surface area contributed by atoms with E-state index >= 15 is 0 Å². The molecule has 0 aromatic rings. The van der Waals surface area contributed by atoms with Crippen molar-refractivity contribution in [1.29, 1.82) is 0 Å². The second-order valence-electron chi connectivity index (χ2n) is 3.39. The highest BCUT2D eigenvalue weighted by molar-refractivity contribution is 5.94. The van der Waals surface area contributed by atoms with Crippen LogP contribution in [0.15, 0.2) is 23.9 Å². The van der Waals surface area contributed by atoms with E-state index in [4.69, 9.17) is 11.5 Å². The zero-order valence-corrected chi connectivity index (χ0v) is 10.3. The van der Waals surface area contributed by atoms with Gasteiger partial charge in [-0.05, 0) is 0 Å². The molecule has 96 valence electrons. The van der Waals surface area contributed by atoms with E-state index in [1.54, 1.807) is 14.1 Å². The van der Waals surface area contributed by atoms with Crippen LogP contribution in [0.5, 0.6) is 0 Å². The molecule has 7 nitrogen and oxygen atoms in total. The van der Waals surface area contributed by atoms with Crippen molar-refractivity contribution >= 4 is 11.7 Å². The van der Waals surface area contributed by atoms with Crippen molar-refractivity contribution in [2.75, 3.05) is 20.6 Å². The average molecular weight is 241 g/mol. The molecule has 6 N–H and O–H groups in total. The molecule has 0 aliphatic rings. The minimum absolute atomic E-state index is 0.128. The van der Waals surface area contributed by atoms with Crippen LogP contribution < -0.4 is 22.1 Å². The smallest absolute Gasteiger partial charge is 0.236 e. The van der Waals surface area contributed by atoms with E-state index in [2.05, 4.69) is 17.2 Å². The number of Topliss-reactive ketones (excluding diaryl/α,β-unsaturated/α-hetero) is 1. The fraction of sp³-hybridized carbons (Fsp3) is 0.400. The molecule has 0 saturated heterocycles. The molecular weight excluding hydrogens is 222 g/mol. The van der Waals surface area contributed by atoms with Crippen LogP contribution in [0.4, 0.5) is 0 Å². The molecule has 0 spiro atoms. The Labute approximate surface area is 101 Å². The predicted molar refractivity (Wildman–Crippen MR) is 65.1 cm³/mol. The number of rotatable bonds is 7. The van der Waals surface area contributed by atoms with E-state index < -0.39 is 5.91 Å². The summed E-state index contributed by atoms with van der Waals surface area (Å²) in [7, 11) is 3.32. The standard InChI is InChI=1S/C10H19N5O2/c1-6(16)9(14-5-8(11)17)10(12)15(4)7(2)13-3/h13-14H,2,5,12H2,1,3-4H3,(H2,11,17)/b10-9+. The molecule has 0 fully saturated rings. The minimum atomic E-state index is -0.577. The largest absolute Gasteiger partial charge is 0.383 e. The highest BCUT2D eigenvalue weighted by Crippen LogP contribution is 2.05. The third-order valence-corrected chi connectivity index (χ3v) is 2.10. The summed E-state index contributed by atoms with van der Waals surface area (Å²) in [5.41, 5.74) is 10.9. The van der Waals surface area contributed by atoms with Gasteiger partial charge in [0.2, 0.25) is 5.91 Å². The first kappa shape index (κ1) is 14.8. The number of nitrogens with zero attached hydrogens (tertiary/aromatic N) is 1. The Balaban J connectivity index is 5.04. The van der Waals surface area contributed by atoms with E-state index in [1.165, 1.54) is 11.8 Å². The monoisotopic (exact) mass is 241 g/mol. The van der Waals surface area contributed by atoms with Gasteiger partial charge in [-0.2, -0.15) is 0 Å². The van der Waals surface area contributed by atoms with Crippen LogP contribution in [0.2, 0.25) is 0 Å². The van der Waals surface area contributed by atoms with Crippen LogP contribution in [-0.2, 0) is 9.59 Å². The Hall–Kier alpha value is -2.18. The lowest BCUT2D eigenvalue weighted by Crippen LogP contribution is -2.37. The number of nitrogens with one attached hydrogen (secondary N) is 2. The zero-order chi connectivity index (χ0) is 13.6. The van der Waals surface area contributed by atoms with Gasteiger partial charge in [0.25, 0.3) is 0 Å². The number of primary amides is 1. The number of carbonyl (C=O) groups excluding carboxylic acids is 2. The molecule has 0 aromatic heterocycles. The number of amides is 1. The van der Waals surface area contributed by atoms with Crippen molar-refractivity contribution in [3.8, 4) is 0 Å². The van der Waals surface area contributed by atoms with Crippen LogP contribution >= 0.6 is 0 Å². The highest BCUT2D eigenvalue weighted by atomic mass is 16.1. The minimum Gasteiger partial charge on any atom is -0.383 e. The first-order valence-electron chi connectivity index (χ1n) is 4.94. The van der Waals surface area contributed by atoms with Crippen molar-refractivity contribution in [1.82, 2.24) is 15.5 Å². The lowest BCUT2D eigenvalue weighted by Gasteiger charge is -2.23. The van der Waals surface area contributed by atoms with Gasteiger partial charge in [-0.15, -0.1) is 0 Å². The molecule has 0 atom stereocenters. The summed E-state index contributed by atoms with van der Waals surface area (Å²) < 4.78 is 0. The van der Waals surface area contributed by atoms with E-state index in [1.807, 2.05) is 0 Å². The van der Waals surface area contributed by atoms with Gasteiger partial charge in [0.05, 0.1) is 12.4 Å². The zero-order valence-electron chi connectivity index (χ0n) is 10.3. The Morgan fingerprint density at radius 2 is 1.88 bits per heavy atom. The number of nitrogens with two attached hydrogens (primary N) is 2. The van der Waals surface area contributed by atoms with Gasteiger partial charge >= 0.3 is 0 Å². The number of carbonyl (C=O) groups is 2. The van der Waals surface area contributed by atoms with Gasteiger partial charge in [0.1, 0.15) is 11.5 Å². The molecule has 0 aliphatic carbocycles. The summed E-state index contributed by atoms with van der Waals surface area (Å²) >= 11 is 0. The number of hydrogen-bond donors (Lipinski definition) is 4. The molecule has 0 unspecified atom stereocenters. The maximum Gasteiger partial charge on any atom is 0.236 e. The molecule has 7 heteroatoms. The first-order chi connectivity index (χ1) is 7.81. The van der Waals surface area contributed by atoms with E-state index in [9.17, 15) is 9.59 Å². The Kier molecular flexibility index (Phi) is 5.59. The van der Waals surface area contributed by atoms with Crippen molar-refractivity contribution in [3.05, 3.63) is 23.9 Å². The maximum atomic E-state index is 11.4. The summed E-state index contributed by atoms with van der Waals surface area (Å²) in [5, 5.41) is 5.39. The van der Waals surface area contributed by atoms with Gasteiger partial charge in [-0.1, -0.05) is 6.58 Å². The summed E-state index contributed by atoms with van der Waals surface area (Å²) in [6.07, 6.45) is 0. The third-order valence-electron chi connectivity index (χ3n) is 2.10. The predicted octanol–water partition coefficient (Wildman–Crippen LogP) is -1.60. The fourth-order valence-electron chi connectivity index (χ4n) is 1.05. The van der Waals surface area contributed by atoms with Crippen molar-refractivity contribution in [3.63, 3.8) is 0 Å². The van der Waals surface area contributed by atoms with E-state index in [-0.39, 0.29) is 23.8 Å². The van der Waals surface area contributed by atoms with Crippen molar-refractivity contribution < 1.29 is 9.59 Å². The SMILES string of the molecule is C=C(NC)N(C)/C(N)=C(/NCC(N)=O)C(C)=O. The summed E-state index contributed by atoms with van der Waals surface area (Å²) in [6, 6.07) is 0. The quantitative estimate of drug-likeness (QED) is 0.399. The highest BCUT2D eigenvalue weighted by Gasteiger charge is 2.14. The normalized spacial score (nSPS) is 11.2. The third kappa shape index (κ3) is 4.45. The molecule has 0 saturated carbocycles. The molecule has 0 rings (SSSR count). The Bertz CT molecular complexity index is 362. The van der Waals surface area contributed by atoms with E-state index in [0.717, 1.165) is 0 Å². The van der Waals surface area contributed by atoms with Gasteiger partial charge in [0.15, 0.2) is 5.78 Å². The van der Waals surface area contributed by atoms with Crippen LogP contribution in [0.25, 0.3) is 0 Å². The summed E-state index contributed by atoms with van der Waals surface area (Å²) in [5.74, 6) is -0.189. The Morgan fingerprint density at radius 1 is 1.35 bits per heavy atom. The Morgan fingerprint density at radius 3 is 2.24 bits per heavy atom. The van der Waals surface area contributed by atoms with Crippen molar-refractivity contribution in [2.45, 2.75) is 6.92 Å². The average Bonchev–Trinajstić information content (AvgIpc) is 2.25. The molecular formula is C10H19N5O2. The second kappa shape index (κ2) is 6.41. The molecule has 0 radical (unpaired) electrons.